The van der Waals surface area contributed by atoms with Crippen molar-refractivity contribution < 1.29 is 14.3 Å². The number of nitrogens with zero attached hydrogens (tertiary/aromatic N) is 3. The van der Waals surface area contributed by atoms with Crippen LogP contribution in [0.25, 0.3) is 6.08 Å². The van der Waals surface area contributed by atoms with Crippen LogP contribution >= 0.6 is 0 Å². The third-order valence-corrected chi connectivity index (χ3v) is 4.34. The number of hydrogen-bond donors (Lipinski definition) is 1. The summed E-state index contributed by atoms with van der Waals surface area (Å²) in [5.74, 6) is 1.22. The zero-order chi connectivity index (χ0) is 21.5. The van der Waals surface area contributed by atoms with Crippen LogP contribution < -0.4 is 14.8 Å². The highest BCUT2D eigenvalue weighted by molar-refractivity contribution is 6.00. The molecule has 7 nitrogen and oxygen atoms in total. The molecule has 0 saturated carbocycles. The Kier molecular flexibility index (Phi) is 6.85. The second-order valence-electron chi connectivity index (χ2n) is 7.09. The summed E-state index contributed by atoms with van der Waals surface area (Å²) in [6, 6.07) is 13.6. The van der Waals surface area contributed by atoms with Crippen molar-refractivity contribution in [3.05, 3.63) is 71.6 Å². The summed E-state index contributed by atoms with van der Waals surface area (Å²) in [6.07, 6.45) is 4.77. The van der Waals surface area contributed by atoms with Gasteiger partial charge < -0.3 is 9.47 Å². The van der Waals surface area contributed by atoms with Crippen LogP contribution in [0, 0.1) is 6.92 Å². The highest BCUT2D eigenvalue weighted by atomic mass is 16.5. The Morgan fingerprint density at radius 1 is 1.20 bits per heavy atom. The van der Waals surface area contributed by atoms with E-state index in [0.29, 0.717) is 18.0 Å². The van der Waals surface area contributed by atoms with Crippen molar-refractivity contribution in [2.45, 2.75) is 33.4 Å². The van der Waals surface area contributed by atoms with Gasteiger partial charge in [-0.2, -0.15) is 0 Å². The molecule has 0 aliphatic carbocycles. The summed E-state index contributed by atoms with van der Waals surface area (Å²) in [4.78, 5) is 16.4. The fourth-order valence-electron chi connectivity index (χ4n) is 2.85. The first-order chi connectivity index (χ1) is 14.4. The molecular formula is C23H26N4O3. The Morgan fingerprint density at radius 3 is 2.73 bits per heavy atom. The van der Waals surface area contributed by atoms with Crippen LogP contribution in [0.5, 0.6) is 11.5 Å². The Bertz CT molecular complexity index is 1040. The lowest BCUT2D eigenvalue weighted by Gasteiger charge is -2.13. The number of anilines is 1. The van der Waals surface area contributed by atoms with Gasteiger partial charge in [-0.3, -0.25) is 10.1 Å². The molecule has 1 heterocycles. The van der Waals surface area contributed by atoms with Crippen molar-refractivity contribution in [2.24, 2.45) is 0 Å². The van der Waals surface area contributed by atoms with Gasteiger partial charge in [0.05, 0.1) is 19.8 Å². The van der Waals surface area contributed by atoms with Gasteiger partial charge in [-0.25, -0.2) is 9.67 Å². The standard InChI is InChI=1S/C23H26N4O3/c1-16(2)30-20-11-9-18(13-21(20)29-4)10-12-22(28)25-23-24-15-27(26-23)14-19-8-6-5-7-17(19)3/h5-13,15-16H,14H2,1-4H3,(H,25,26,28)/b12-10+. The topological polar surface area (TPSA) is 78.3 Å². The lowest BCUT2D eigenvalue weighted by atomic mass is 10.1. The Labute approximate surface area is 176 Å². The first-order valence-corrected chi connectivity index (χ1v) is 9.72. The molecule has 0 spiro atoms. The van der Waals surface area contributed by atoms with E-state index in [2.05, 4.69) is 28.4 Å². The Hall–Kier alpha value is -3.61. The molecule has 0 atom stereocenters. The molecule has 1 N–H and O–H groups in total. The number of methoxy groups -OCH3 is 1. The molecule has 0 unspecified atom stereocenters. The lowest BCUT2D eigenvalue weighted by Crippen LogP contribution is -2.10. The van der Waals surface area contributed by atoms with E-state index >= 15 is 0 Å². The predicted octanol–water partition coefficient (Wildman–Crippen LogP) is 4.08. The fraction of sp³-hybridized carbons (Fsp3) is 0.261. The zero-order valence-corrected chi connectivity index (χ0v) is 17.6. The first-order valence-electron chi connectivity index (χ1n) is 9.72. The Morgan fingerprint density at radius 2 is 2.00 bits per heavy atom. The molecule has 156 valence electrons. The van der Waals surface area contributed by atoms with Gasteiger partial charge in [0.2, 0.25) is 5.95 Å². The van der Waals surface area contributed by atoms with Gasteiger partial charge in [-0.15, -0.1) is 5.10 Å². The van der Waals surface area contributed by atoms with Crippen molar-refractivity contribution in [3.8, 4) is 11.5 Å². The van der Waals surface area contributed by atoms with Crippen LogP contribution in [0.1, 0.15) is 30.5 Å². The third kappa shape index (κ3) is 5.70. The average Bonchev–Trinajstić information content (AvgIpc) is 3.15. The molecular weight excluding hydrogens is 380 g/mol. The maximum atomic E-state index is 12.2. The van der Waals surface area contributed by atoms with E-state index in [9.17, 15) is 4.79 Å². The monoisotopic (exact) mass is 406 g/mol. The van der Waals surface area contributed by atoms with Crippen molar-refractivity contribution >= 4 is 17.9 Å². The second-order valence-corrected chi connectivity index (χ2v) is 7.09. The van der Waals surface area contributed by atoms with Crippen LogP contribution in [-0.2, 0) is 11.3 Å². The lowest BCUT2D eigenvalue weighted by molar-refractivity contribution is -0.111. The molecule has 3 aromatic rings. The maximum Gasteiger partial charge on any atom is 0.250 e. The smallest absolute Gasteiger partial charge is 0.250 e. The van der Waals surface area contributed by atoms with Gasteiger partial charge in [-0.1, -0.05) is 30.3 Å². The first kappa shape index (κ1) is 21.1. The van der Waals surface area contributed by atoms with Crippen molar-refractivity contribution in [2.75, 3.05) is 12.4 Å². The summed E-state index contributed by atoms with van der Waals surface area (Å²) < 4.78 is 12.8. The molecule has 2 aromatic carbocycles. The van der Waals surface area contributed by atoms with E-state index < -0.39 is 0 Å². The number of benzene rings is 2. The van der Waals surface area contributed by atoms with Gasteiger partial charge >= 0.3 is 0 Å². The molecule has 30 heavy (non-hydrogen) atoms. The van der Waals surface area contributed by atoms with E-state index in [4.69, 9.17) is 9.47 Å². The van der Waals surface area contributed by atoms with Crippen LogP contribution in [0.3, 0.4) is 0 Å². The maximum absolute atomic E-state index is 12.2. The van der Waals surface area contributed by atoms with Crippen LogP contribution in [0.2, 0.25) is 0 Å². The van der Waals surface area contributed by atoms with Gasteiger partial charge in [0.15, 0.2) is 11.5 Å². The predicted molar refractivity (Wildman–Crippen MR) is 117 cm³/mol. The average molecular weight is 406 g/mol. The van der Waals surface area contributed by atoms with Gasteiger partial charge in [0.1, 0.15) is 6.33 Å². The van der Waals surface area contributed by atoms with Gasteiger partial charge in [-0.05, 0) is 55.7 Å². The number of carbonyl (C=O) groups excluding carboxylic acids is 1. The number of aromatic nitrogens is 3. The number of hydrogen-bond acceptors (Lipinski definition) is 5. The minimum atomic E-state index is -0.315. The fourth-order valence-corrected chi connectivity index (χ4v) is 2.85. The van der Waals surface area contributed by atoms with E-state index in [1.165, 1.54) is 11.6 Å². The van der Waals surface area contributed by atoms with E-state index in [1.54, 1.807) is 24.2 Å². The molecule has 0 bridgehead atoms. The van der Waals surface area contributed by atoms with Crippen LogP contribution in [0.15, 0.2) is 54.9 Å². The van der Waals surface area contributed by atoms with Gasteiger partial charge in [0.25, 0.3) is 5.91 Å². The SMILES string of the molecule is COc1cc(/C=C/C(=O)Nc2ncn(Cc3ccccc3C)n2)ccc1OC(C)C. The molecule has 3 rings (SSSR count). The van der Waals surface area contributed by atoms with Gasteiger partial charge in [0, 0.05) is 6.08 Å². The van der Waals surface area contributed by atoms with E-state index in [1.807, 2.05) is 50.2 Å². The summed E-state index contributed by atoms with van der Waals surface area (Å²) >= 11 is 0. The van der Waals surface area contributed by atoms with Crippen LogP contribution in [-0.4, -0.2) is 33.9 Å². The number of carbonyl (C=O) groups is 1. The summed E-state index contributed by atoms with van der Waals surface area (Å²) in [6.45, 7) is 6.55. The second kappa shape index (κ2) is 9.73. The zero-order valence-electron chi connectivity index (χ0n) is 17.6. The molecule has 7 heteroatoms. The number of amides is 1. The quantitative estimate of drug-likeness (QED) is 0.570. The number of ether oxygens (including phenoxy) is 2. The number of rotatable bonds is 8. The van der Waals surface area contributed by atoms with Crippen LogP contribution in [0.4, 0.5) is 5.95 Å². The number of nitrogens with one attached hydrogen (secondary N) is 1. The van der Waals surface area contributed by atoms with E-state index in [0.717, 1.165) is 11.1 Å². The summed E-state index contributed by atoms with van der Waals surface area (Å²) in [7, 11) is 1.58. The summed E-state index contributed by atoms with van der Waals surface area (Å²) in [5, 5.41) is 6.99. The van der Waals surface area contributed by atoms with Crippen molar-refractivity contribution in [3.63, 3.8) is 0 Å². The van der Waals surface area contributed by atoms with E-state index in [-0.39, 0.29) is 18.0 Å². The molecule has 1 amide bonds. The minimum Gasteiger partial charge on any atom is -0.493 e. The third-order valence-electron chi connectivity index (χ3n) is 4.34. The minimum absolute atomic E-state index is 0.0455. The molecule has 0 aliphatic heterocycles. The summed E-state index contributed by atoms with van der Waals surface area (Å²) in [5.41, 5.74) is 3.15. The largest absolute Gasteiger partial charge is 0.493 e. The highest BCUT2D eigenvalue weighted by Crippen LogP contribution is 2.29. The normalized spacial score (nSPS) is 11.1. The van der Waals surface area contributed by atoms with Crippen molar-refractivity contribution in [1.29, 1.82) is 0 Å². The molecule has 0 fully saturated rings. The molecule has 0 radical (unpaired) electrons. The molecule has 0 saturated heterocycles. The molecule has 0 aliphatic rings. The highest BCUT2D eigenvalue weighted by Gasteiger charge is 2.08. The number of aryl methyl sites for hydroxylation is 1. The van der Waals surface area contributed by atoms with Crippen molar-refractivity contribution in [1.82, 2.24) is 14.8 Å². The Balaban J connectivity index is 1.61. The molecule has 1 aromatic heterocycles.